The molecule has 2 aromatic carbocycles. The molecule has 26 heavy (non-hydrogen) atoms. The molecule has 0 amide bonds. The van der Waals surface area contributed by atoms with Gasteiger partial charge in [-0.05, 0) is 30.3 Å². The molecule has 0 saturated heterocycles. The zero-order chi connectivity index (χ0) is 18.9. The van der Waals surface area contributed by atoms with Gasteiger partial charge in [0.05, 0.1) is 30.1 Å². The normalized spacial score (nSPS) is 11.4. The highest BCUT2D eigenvalue weighted by Gasteiger charge is 2.31. The number of hydrogen-bond acceptors (Lipinski definition) is 3. The maximum atomic E-state index is 12.9. The Bertz CT molecular complexity index is 950. The molecule has 0 aliphatic carbocycles. The zero-order valence-corrected chi connectivity index (χ0v) is 14.2. The smallest absolute Gasteiger partial charge is 0.416 e. The number of nitrogens with zero attached hydrogens (tertiary/aromatic N) is 1. The second-order valence-corrected chi connectivity index (χ2v) is 5.81. The van der Waals surface area contributed by atoms with E-state index in [1.165, 1.54) is 19.4 Å². The van der Waals surface area contributed by atoms with Crippen molar-refractivity contribution in [3.05, 3.63) is 64.8 Å². The molecule has 1 heterocycles. The lowest BCUT2D eigenvalue weighted by Crippen LogP contribution is -2.04. The lowest BCUT2D eigenvalue weighted by Gasteiger charge is -2.09. The first kappa shape index (κ1) is 18.0. The van der Waals surface area contributed by atoms with Gasteiger partial charge in [0.25, 0.3) is 0 Å². The van der Waals surface area contributed by atoms with Crippen molar-refractivity contribution in [3.63, 3.8) is 0 Å². The molecule has 0 bridgehead atoms. The second kappa shape index (κ2) is 6.84. The minimum atomic E-state index is -4.47. The largest absolute Gasteiger partial charge is 0.465 e. The van der Waals surface area contributed by atoms with Crippen LogP contribution in [0.1, 0.15) is 15.9 Å². The zero-order valence-electron chi connectivity index (χ0n) is 13.4. The van der Waals surface area contributed by atoms with E-state index in [9.17, 15) is 18.0 Å². The standard InChI is InChI=1S/C18H12ClF3N2O2/c1-26-17(25)11-4-2-10(3-5-11)16-23-9-15(24-16)13-8-12(18(20,21)22)6-7-14(13)19/h2-9H,1H3,(H,23,24). The number of halogens is 4. The SMILES string of the molecule is COC(=O)c1ccc(-c2ncc(-c3cc(C(F)(F)F)ccc3Cl)[nH]2)cc1. The van der Waals surface area contributed by atoms with Crippen LogP contribution in [0.4, 0.5) is 13.2 Å². The summed E-state index contributed by atoms with van der Waals surface area (Å²) in [4.78, 5) is 18.6. The van der Waals surface area contributed by atoms with Gasteiger partial charge in [-0.1, -0.05) is 23.7 Å². The van der Waals surface area contributed by atoms with E-state index in [-0.39, 0.29) is 10.6 Å². The number of rotatable bonds is 3. The number of benzene rings is 2. The van der Waals surface area contributed by atoms with E-state index in [0.717, 1.165) is 12.1 Å². The summed E-state index contributed by atoms with van der Waals surface area (Å²) in [5.41, 5.74) is 0.797. The van der Waals surface area contributed by atoms with Crippen molar-refractivity contribution >= 4 is 17.6 Å². The number of ether oxygens (including phenoxy) is 1. The minimum absolute atomic E-state index is 0.175. The number of carbonyl (C=O) groups excluding carboxylic acids is 1. The van der Waals surface area contributed by atoms with E-state index >= 15 is 0 Å². The molecule has 0 spiro atoms. The number of H-pyrrole nitrogens is 1. The van der Waals surface area contributed by atoms with Gasteiger partial charge in [-0.3, -0.25) is 0 Å². The molecule has 0 fully saturated rings. The summed E-state index contributed by atoms with van der Waals surface area (Å²) in [5, 5.41) is 0.175. The summed E-state index contributed by atoms with van der Waals surface area (Å²) in [6.07, 6.45) is -3.06. The monoisotopic (exact) mass is 380 g/mol. The van der Waals surface area contributed by atoms with Gasteiger partial charge in [0, 0.05) is 16.1 Å². The Morgan fingerprint density at radius 1 is 1.15 bits per heavy atom. The average molecular weight is 381 g/mol. The molecular weight excluding hydrogens is 369 g/mol. The minimum Gasteiger partial charge on any atom is -0.465 e. The number of aromatic amines is 1. The summed E-state index contributed by atoms with van der Waals surface area (Å²) in [6.45, 7) is 0. The lowest BCUT2D eigenvalue weighted by molar-refractivity contribution is -0.137. The molecule has 8 heteroatoms. The number of alkyl halides is 3. The summed E-state index contributed by atoms with van der Waals surface area (Å²) < 4.78 is 43.4. The van der Waals surface area contributed by atoms with Crippen molar-refractivity contribution in [1.82, 2.24) is 9.97 Å². The van der Waals surface area contributed by atoms with E-state index in [1.807, 2.05) is 0 Å². The van der Waals surface area contributed by atoms with Crippen LogP contribution in [0.5, 0.6) is 0 Å². The molecule has 0 saturated carbocycles. The molecule has 0 unspecified atom stereocenters. The maximum absolute atomic E-state index is 12.9. The van der Waals surface area contributed by atoms with Crippen molar-refractivity contribution in [2.75, 3.05) is 7.11 Å². The van der Waals surface area contributed by atoms with Crippen molar-refractivity contribution < 1.29 is 22.7 Å². The highest BCUT2D eigenvalue weighted by molar-refractivity contribution is 6.33. The van der Waals surface area contributed by atoms with Crippen molar-refractivity contribution in [3.8, 4) is 22.6 Å². The fourth-order valence-corrected chi connectivity index (χ4v) is 2.61. The number of methoxy groups -OCH3 is 1. The van der Waals surface area contributed by atoms with Crippen LogP contribution in [0.3, 0.4) is 0 Å². The van der Waals surface area contributed by atoms with Crippen LogP contribution < -0.4 is 0 Å². The molecule has 3 rings (SSSR count). The summed E-state index contributed by atoms with van der Waals surface area (Å²) in [5.74, 6) is -0.0303. The summed E-state index contributed by atoms with van der Waals surface area (Å²) in [6, 6.07) is 9.55. The third-order valence-corrected chi connectivity index (χ3v) is 4.07. The highest BCUT2D eigenvalue weighted by atomic mass is 35.5. The molecule has 4 nitrogen and oxygen atoms in total. The molecule has 1 aromatic heterocycles. The molecule has 0 aliphatic rings. The van der Waals surface area contributed by atoms with E-state index in [2.05, 4.69) is 14.7 Å². The summed E-state index contributed by atoms with van der Waals surface area (Å²) >= 11 is 6.04. The Morgan fingerprint density at radius 3 is 2.46 bits per heavy atom. The predicted molar refractivity (Wildman–Crippen MR) is 90.8 cm³/mol. The van der Waals surface area contributed by atoms with E-state index in [4.69, 9.17) is 11.6 Å². The number of aromatic nitrogens is 2. The van der Waals surface area contributed by atoms with E-state index in [1.54, 1.807) is 24.3 Å². The van der Waals surface area contributed by atoms with Crippen molar-refractivity contribution in [2.45, 2.75) is 6.18 Å². The predicted octanol–water partition coefficient (Wildman–Crippen LogP) is 5.20. The van der Waals surface area contributed by atoms with Crippen LogP contribution in [0, 0.1) is 0 Å². The van der Waals surface area contributed by atoms with Crippen LogP contribution in [0.15, 0.2) is 48.7 Å². The second-order valence-electron chi connectivity index (χ2n) is 5.41. The Morgan fingerprint density at radius 2 is 1.85 bits per heavy atom. The first-order valence-corrected chi connectivity index (χ1v) is 7.78. The topological polar surface area (TPSA) is 55.0 Å². The van der Waals surface area contributed by atoms with Gasteiger partial charge < -0.3 is 9.72 Å². The Kier molecular flexibility index (Phi) is 4.73. The van der Waals surface area contributed by atoms with Gasteiger partial charge >= 0.3 is 12.1 Å². The fourth-order valence-electron chi connectivity index (χ4n) is 2.39. The summed E-state index contributed by atoms with van der Waals surface area (Å²) in [7, 11) is 1.29. The molecular formula is C18H12ClF3N2O2. The number of nitrogens with one attached hydrogen (secondary N) is 1. The molecule has 0 aliphatic heterocycles. The third kappa shape index (κ3) is 3.57. The van der Waals surface area contributed by atoms with Crippen molar-refractivity contribution in [1.29, 1.82) is 0 Å². The van der Waals surface area contributed by atoms with Gasteiger partial charge in [-0.2, -0.15) is 13.2 Å². The van der Waals surface area contributed by atoms with Crippen LogP contribution in [0.25, 0.3) is 22.6 Å². The molecule has 1 N–H and O–H groups in total. The number of hydrogen-bond donors (Lipinski definition) is 1. The van der Waals surface area contributed by atoms with Crippen LogP contribution in [-0.4, -0.2) is 23.0 Å². The van der Waals surface area contributed by atoms with Crippen molar-refractivity contribution in [2.24, 2.45) is 0 Å². The maximum Gasteiger partial charge on any atom is 0.416 e. The van der Waals surface area contributed by atoms with Crippen LogP contribution in [-0.2, 0) is 10.9 Å². The van der Waals surface area contributed by atoms with Gasteiger partial charge in [0.1, 0.15) is 5.82 Å². The Balaban J connectivity index is 1.94. The fraction of sp³-hybridized carbons (Fsp3) is 0.111. The Labute approximate surface area is 151 Å². The first-order valence-electron chi connectivity index (χ1n) is 7.40. The van der Waals surface area contributed by atoms with Gasteiger partial charge in [-0.15, -0.1) is 0 Å². The average Bonchev–Trinajstić information content (AvgIpc) is 3.10. The molecule has 134 valence electrons. The highest BCUT2D eigenvalue weighted by Crippen LogP contribution is 2.35. The molecule has 0 radical (unpaired) electrons. The van der Waals surface area contributed by atoms with Gasteiger partial charge in [0.15, 0.2) is 0 Å². The van der Waals surface area contributed by atoms with Gasteiger partial charge in [-0.25, -0.2) is 9.78 Å². The number of esters is 1. The quantitative estimate of drug-likeness (QED) is 0.635. The lowest BCUT2D eigenvalue weighted by atomic mass is 10.1. The molecule has 3 aromatic rings. The van der Waals surface area contributed by atoms with Crippen LogP contribution in [0.2, 0.25) is 5.02 Å². The third-order valence-electron chi connectivity index (χ3n) is 3.74. The first-order chi connectivity index (χ1) is 12.3. The van der Waals surface area contributed by atoms with E-state index < -0.39 is 17.7 Å². The number of imidazole rings is 1. The van der Waals surface area contributed by atoms with Crippen LogP contribution >= 0.6 is 11.6 Å². The van der Waals surface area contributed by atoms with E-state index in [0.29, 0.717) is 22.6 Å². The Hall–Kier alpha value is -2.80. The molecule has 0 atom stereocenters. The number of carbonyl (C=O) groups is 1. The van der Waals surface area contributed by atoms with Gasteiger partial charge in [0.2, 0.25) is 0 Å².